The van der Waals surface area contributed by atoms with Gasteiger partial charge in [-0.25, -0.2) is 4.98 Å². The van der Waals surface area contributed by atoms with Crippen molar-refractivity contribution in [2.75, 3.05) is 18.5 Å². The second-order valence-corrected chi connectivity index (χ2v) is 4.45. The molecular weight excluding hydrogens is 246 g/mol. The highest BCUT2D eigenvalue weighted by molar-refractivity contribution is 6.17. The molecular formula is C14H16ClN3. The molecule has 0 bridgehead atoms. The summed E-state index contributed by atoms with van der Waals surface area (Å²) in [5.41, 5.74) is 2.38. The van der Waals surface area contributed by atoms with Crippen LogP contribution in [0.4, 0.5) is 5.82 Å². The number of pyridine rings is 2. The van der Waals surface area contributed by atoms with Gasteiger partial charge in [0.15, 0.2) is 0 Å². The molecule has 2 rings (SSSR count). The number of likely N-dealkylation sites (N-methyl/N-ethyl adjacent to an activating group) is 1. The molecule has 0 unspecified atom stereocenters. The van der Waals surface area contributed by atoms with Gasteiger partial charge >= 0.3 is 0 Å². The van der Waals surface area contributed by atoms with Crippen molar-refractivity contribution in [2.45, 2.75) is 12.3 Å². The lowest BCUT2D eigenvalue weighted by Gasteiger charge is -2.18. The Labute approximate surface area is 112 Å². The summed E-state index contributed by atoms with van der Waals surface area (Å²) in [6.07, 6.45) is 6.42. The van der Waals surface area contributed by atoms with Crippen LogP contribution in [0.15, 0.2) is 42.9 Å². The van der Waals surface area contributed by atoms with E-state index >= 15 is 0 Å². The van der Waals surface area contributed by atoms with E-state index < -0.39 is 0 Å². The number of anilines is 1. The van der Waals surface area contributed by atoms with E-state index in [-0.39, 0.29) is 0 Å². The van der Waals surface area contributed by atoms with Crippen LogP contribution < -0.4 is 4.90 Å². The predicted molar refractivity (Wildman–Crippen MR) is 75.0 cm³/mol. The van der Waals surface area contributed by atoms with Crippen LogP contribution in [0.25, 0.3) is 0 Å². The molecule has 0 amide bonds. The first-order chi connectivity index (χ1) is 8.79. The van der Waals surface area contributed by atoms with Gasteiger partial charge in [-0.05, 0) is 41.8 Å². The number of nitrogens with zero attached hydrogens (tertiary/aromatic N) is 3. The molecule has 0 atom stereocenters. The molecule has 0 N–H and O–H groups in total. The topological polar surface area (TPSA) is 29.0 Å². The van der Waals surface area contributed by atoms with Gasteiger partial charge in [0.2, 0.25) is 0 Å². The van der Waals surface area contributed by atoms with E-state index in [0.717, 1.165) is 24.3 Å². The molecule has 4 heteroatoms. The molecule has 0 saturated heterocycles. The van der Waals surface area contributed by atoms with Gasteiger partial charge in [-0.15, -0.1) is 11.6 Å². The monoisotopic (exact) mass is 261 g/mol. The molecule has 18 heavy (non-hydrogen) atoms. The van der Waals surface area contributed by atoms with Crippen molar-refractivity contribution in [2.24, 2.45) is 0 Å². The van der Waals surface area contributed by atoms with E-state index in [1.807, 2.05) is 43.7 Å². The Morgan fingerprint density at radius 2 is 1.83 bits per heavy atom. The van der Waals surface area contributed by atoms with Crippen molar-refractivity contribution >= 4 is 17.4 Å². The fraction of sp³-hybridized carbons (Fsp3) is 0.286. The Bertz CT molecular complexity index is 487. The average molecular weight is 262 g/mol. The van der Waals surface area contributed by atoms with E-state index in [1.165, 1.54) is 5.56 Å². The lowest BCUT2D eigenvalue weighted by molar-refractivity contribution is 0.857. The molecule has 0 aliphatic heterocycles. The lowest BCUT2D eigenvalue weighted by Crippen LogP contribution is -2.21. The number of hydrogen-bond acceptors (Lipinski definition) is 3. The first-order valence-electron chi connectivity index (χ1n) is 5.90. The van der Waals surface area contributed by atoms with Gasteiger partial charge in [-0.1, -0.05) is 0 Å². The van der Waals surface area contributed by atoms with Crippen LogP contribution in [-0.2, 0) is 12.3 Å². The van der Waals surface area contributed by atoms with Gasteiger partial charge < -0.3 is 4.90 Å². The summed E-state index contributed by atoms with van der Waals surface area (Å²) in [6.45, 7) is 0.919. The van der Waals surface area contributed by atoms with Crippen LogP contribution in [0.3, 0.4) is 0 Å². The highest BCUT2D eigenvalue weighted by Gasteiger charge is 2.03. The average Bonchev–Trinajstić information content (AvgIpc) is 2.46. The summed E-state index contributed by atoms with van der Waals surface area (Å²) < 4.78 is 0. The summed E-state index contributed by atoms with van der Waals surface area (Å²) in [6, 6.07) is 8.04. The number of alkyl halides is 1. The van der Waals surface area contributed by atoms with Crippen molar-refractivity contribution in [3.05, 3.63) is 54.0 Å². The van der Waals surface area contributed by atoms with Crippen LogP contribution in [0.2, 0.25) is 0 Å². The van der Waals surface area contributed by atoms with Gasteiger partial charge in [0.25, 0.3) is 0 Å². The SMILES string of the molecule is CN(CCc1ccncc1)c1cc(CCl)ccn1. The van der Waals surface area contributed by atoms with Crippen molar-refractivity contribution in [3.8, 4) is 0 Å². The molecule has 3 nitrogen and oxygen atoms in total. The minimum atomic E-state index is 0.522. The van der Waals surface area contributed by atoms with E-state index in [1.54, 1.807) is 6.20 Å². The maximum atomic E-state index is 5.82. The van der Waals surface area contributed by atoms with Gasteiger partial charge in [0, 0.05) is 38.1 Å². The standard InChI is InChI=1S/C14H16ClN3/c1-18(9-5-12-2-6-16-7-3-12)14-10-13(11-15)4-8-17-14/h2-4,6-8,10H,5,9,11H2,1H3. The molecule has 0 aromatic carbocycles. The summed E-state index contributed by atoms with van der Waals surface area (Å²) in [4.78, 5) is 10.5. The third kappa shape index (κ3) is 3.44. The lowest BCUT2D eigenvalue weighted by atomic mass is 10.2. The van der Waals surface area contributed by atoms with Gasteiger partial charge in [0.05, 0.1) is 0 Å². The Morgan fingerprint density at radius 1 is 1.11 bits per heavy atom. The molecule has 0 saturated carbocycles. The van der Waals surface area contributed by atoms with E-state index in [4.69, 9.17) is 11.6 Å². The number of aromatic nitrogens is 2. The van der Waals surface area contributed by atoms with Gasteiger partial charge in [-0.2, -0.15) is 0 Å². The Kier molecular flexibility index (Phi) is 4.53. The summed E-state index contributed by atoms with van der Waals surface area (Å²) in [5.74, 6) is 1.48. The zero-order chi connectivity index (χ0) is 12.8. The Morgan fingerprint density at radius 3 is 2.56 bits per heavy atom. The molecule has 2 heterocycles. The molecule has 2 aromatic rings. The molecule has 0 spiro atoms. The summed E-state index contributed by atoms with van der Waals surface area (Å²) in [7, 11) is 2.04. The van der Waals surface area contributed by atoms with Gasteiger partial charge in [0.1, 0.15) is 5.82 Å². The van der Waals surface area contributed by atoms with E-state index in [0.29, 0.717) is 5.88 Å². The minimum Gasteiger partial charge on any atom is -0.359 e. The molecule has 0 fully saturated rings. The second kappa shape index (κ2) is 6.36. The van der Waals surface area contributed by atoms with Crippen molar-refractivity contribution in [3.63, 3.8) is 0 Å². The molecule has 0 aliphatic rings. The zero-order valence-electron chi connectivity index (χ0n) is 10.4. The van der Waals surface area contributed by atoms with Crippen molar-refractivity contribution < 1.29 is 0 Å². The quantitative estimate of drug-likeness (QED) is 0.775. The first kappa shape index (κ1) is 12.8. The van der Waals surface area contributed by atoms with E-state index in [9.17, 15) is 0 Å². The second-order valence-electron chi connectivity index (χ2n) is 4.18. The smallest absolute Gasteiger partial charge is 0.128 e. The molecule has 94 valence electrons. The predicted octanol–water partition coefficient (Wildman–Crippen LogP) is 2.89. The van der Waals surface area contributed by atoms with Crippen LogP contribution in [0.5, 0.6) is 0 Å². The van der Waals surface area contributed by atoms with Crippen LogP contribution in [-0.4, -0.2) is 23.6 Å². The summed E-state index contributed by atoms with van der Waals surface area (Å²) in [5, 5.41) is 0. The van der Waals surface area contributed by atoms with Crippen LogP contribution >= 0.6 is 11.6 Å². The van der Waals surface area contributed by atoms with E-state index in [2.05, 4.69) is 14.9 Å². The highest BCUT2D eigenvalue weighted by Crippen LogP contribution is 2.13. The highest BCUT2D eigenvalue weighted by atomic mass is 35.5. The van der Waals surface area contributed by atoms with Gasteiger partial charge in [-0.3, -0.25) is 4.98 Å². The Hall–Kier alpha value is -1.61. The normalized spacial score (nSPS) is 10.3. The van der Waals surface area contributed by atoms with Crippen LogP contribution in [0, 0.1) is 0 Å². The third-order valence-electron chi connectivity index (χ3n) is 2.84. The molecule has 0 radical (unpaired) electrons. The molecule has 2 aromatic heterocycles. The fourth-order valence-corrected chi connectivity index (χ4v) is 1.88. The third-order valence-corrected chi connectivity index (χ3v) is 3.15. The first-order valence-corrected chi connectivity index (χ1v) is 6.44. The van der Waals surface area contributed by atoms with Crippen LogP contribution in [0.1, 0.15) is 11.1 Å². The zero-order valence-corrected chi connectivity index (χ0v) is 11.1. The number of hydrogen-bond donors (Lipinski definition) is 0. The number of rotatable bonds is 5. The van der Waals surface area contributed by atoms with Crippen molar-refractivity contribution in [1.29, 1.82) is 0 Å². The molecule has 0 aliphatic carbocycles. The Balaban J connectivity index is 1.97. The fourth-order valence-electron chi connectivity index (χ4n) is 1.71. The minimum absolute atomic E-state index is 0.522. The maximum Gasteiger partial charge on any atom is 0.128 e. The number of halogens is 1. The summed E-state index contributed by atoms with van der Waals surface area (Å²) >= 11 is 5.82. The largest absolute Gasteiger partial charge is 0.359 e. The maximum absolute atomic E-state index is 5.82. The van der Waals surface area contributed by atoms with Crippen molar-refractivity contribution in [1.82, 2.24) is 9.97 Å².